The van der Waals surface area contributed by atoms with Crippen molar-refractivity contribution in [2.24, 2.45) is 0 Å². The van der Waals surface area contributed by atoms with Gasteiger partial charge in [0.2, 0.25) is 0 Å². The highest BCUT2D eigenvalue weighted by atomic mass is 79.9. The van der Waals surface area contributed by atoms with Crippen molar-refractivity contribution in [3.05, 3.63) is 61.1 Å². The Labute approximate surface area is 143 Å². The Kier molecular flexibility index (Phi) is 5.38. The second-order valence-corrected chi connectivity index (χ2v) is 5.58. The molecule has 122 valence electrons. The maximum atomic E-state index is 13.8. The van der Waals surface area contributed by atoms with Crippen molar-refractivity contribution in [3.8, 4) is 11.5 Å². The molecule has 0 aromatic heterocycles. The summed E-state index contributed by atoms with van der Waals surface area (Å²) in [4.78, 5) is 10.2. The molecule has 0 fully saturated rings. The summed E-state index contributed by atoms with van der Waals surface area (Å²) < 4.78 is 37.8. The molecular weight excluding hydrogens is 400 g/mol. The van der Waals surface area contributed by atoms with Gasteiger partial charge in [-0.15, -0.1) is 0 Å². The summed E-state index contributed by atoms with van der Waals surface area (Å²) in [6.45, 7) is -0.385. The third-order valence-electron chi connectivity index (χ3n) is 2.94. The lowest BCUT2D eigenvalue weighted by Crippen LogP contribution is -2.04. The van der Waals surface area contributed by atoms with E-state index in [0.717, 1.165) is 12.1 Å². The van der Waals surface area contributed by atoms with E-state index in [-0.39, 0.29) is 34.4 Å². The standard InChI is InChI=1S/C14H9BrClF2NO4/c1-22-12-3-2-10(17)14(18)7(12)6-23-13-5-11(19(20)21)9(16)4-8(13)15/h2-5H,6H2,1H3. The molecule has 0 aliphatic heterocycles. The van der Waals surface area contributed by atoms with Crippen molar-refractivity contribution < 1.29 is 23.2 Å². The van der Waals surface area contributed by atoms with Crippen LogP contribution in [0.15, 0.2) is 28.7 Å². The van der Waals surface area contributed by atoms with Crippen molar-refractivity contribution in [2.45, 2.75) is 6.61 Å². The third-order valence-corrected chi connectivity index (χ3v) is 3.87. The van der Waals surface area contributed by atoms with Crippen LogP contribution in [0.4, 0.5) is 14.5 Å². The molecule has 2 rings (SSSR count). The summed E-state index contributed by atoms with van der Waals surface area (Å²) >= 11 is 8.89. The van der Waals surface area contributed by atoms with Crippen LogP contribution in [0.5, 0.6) is 11.5 Å². The van der Waals surface area contributed by atoms with Crippen LogP contribution >= 0.6 is 27.5 Å². The van der Waals surface area contributed by atoms with Gasteiger partial charge in [0.05, 0.1) is 28.1 Å². The Morgan fingerprint density at radius 3 is 2.61 bits per heavy atom. The molecule has 0 amide bonds. The zero-order valence-corrected chi connectivity index (χ0v) is 14.0. The summed E-state index contributed by atoms with van der Waals surface area (Å²) in [7, 11) is 1.30. The lowest BCUT2D eigenvalue weighted by Gasteiger charge is -2.13. The van der Waals surface area contributed by atoms with Crippen molar-refractivity contribution in [1.29, 1.82) is 0 Å². The van der Waals surface area contributed by atoms with Gasteiger partial charge in [-0.25, -0.2) is 8.78 Å². The molecule has 0 N–H and O–H groups in total. The summed E-state index contributed by atoms with van der Waals surface area (Å²) in [5.74, 6) is -2.00. The van der Waals surface area contributed by atoms with Gasteiger partial charge in [-0.05, 0) is 34.1 Å². The Morgan fingerprint density at radius 1 is 1.30 bits per heavy atom. The van der Waals surface area contributed by atoms with Crippen molar-refractivity contribution >= 4 is 33.2 Å². The van der Waals surface area contributed by atoms with Gasteiger partial charge in [0.15, 0.2) is 11.6 Å². The van der Waals surface area contributed by atoms with Crippen LogP contribution in [0.25, 0.3) is 0 Å². The number of benzene rings is 2. The molecule has 0 radical (unpaired) electrons. The number of rotatable bonds is 5. The topological polar surface area (TPSA) is 61.6 Å². The van der Waals surface area contributed by atoms with Crippen molar-refractivity contribution in [1.82, 2.24) is 0 Å². The first-order valence-electron chi connectivity index (χ1n) is 6.12. The lowest BCUT2D eigenvalue weighted by atomic mass is 10.2. The number of hydrogen-bond donors (Lipinski definition) is 0. The highest BCUT2D eigenvalue weighted by molar-refractivity contribution is 9.10. The lowest BCUT2D eigenvalue weighted by molar-refractivity contribution is -0.384. The van der Waals surface area contributed by atoms with E-state index in [0.29, 0.717) is 4.47 Å². The van der Waals surface area contributed by atoms with Gasteiger partial charge in [-0.2, -0.15) is 0 Å². The molecule has 0 spiro atoms. The highest BCUT2D eigenvalue weighted by Crippen LogP contribution is 2.36. The first kappa shape index (κ1) is 17.4. The minimum atomic E-state index is -1.11. The van der Waals surface area contributed by atoms with Gasteiger partial charge < -0.3 is 9.47 Å². The molecule has 9 heteroatoms. The average Bonchev–Trinajstić information content (AvgIpc) is 2.49. The summed E-state index contributed by atoms with van der Waals surface area (Å²) in [5.41, 5.74) is -0.506. The van der Waals surface area contributed by atoms with E-state index in [4.69, 9.17) is 21.1 Å². The maximum absolute atomic E-state index is 13.8. The van der Waals surface area contributed by atoms with E-state index in [9.17, 15) is 18.9 Å². The summed E-state index contributed by atoms with van der Waals surface area (Å²) in [6, 6.07) is 4.57. The molecule has 0 atom stereocenters. The molecule has 0 saturated heterocycles. The molecule has 23 heavy (non-hydrogen) atoms. The van der Waals surface area contributed by atoms with Crippen LogP contribution in [-0.2, 0) is 6.61 Å². The van der Waals surface area contributed by atoms with Gasteiger partial charge >= 0.3 is 0 Å². The fourth-order valence-electron chi connectivity index (χ4n) is 1.82. The van der Waals surface area contributed by atoms with Gasteiger partial charge in [0.1, 0.15) is 23.1 Å². The van der Waals surface area contributed by atoms with Crippen LogP contribution in [-0.4, -0.2) is 12.0 Å². The van der Waals surface area contributed by atoms with Crippen LogP contribution in [0.2, 0.25) is 5.02 Å². The minimum absolute atomic E-state index is 0.0619. The molecule has 0 unspecified atom stereocenters. The molecule has 0 aliphatic rings. The second-order valence-electron chi connectivity index (χ2n) is 4.32. The Morgan fingerprint density at radius 2 is 2.00 bits per heavy atom. The first-order chi connectivity index (χ1) is 10.8. The maximum Gasteiger partial charge on any atom is 0.291 e. The summed E-state index contributed by atoms with van der Waals surface area (Å²) in [6.07, 6.45) is 0. The predicted molar refractivity (Wildman–Crippen MR) is 83.0 cm³/mol. The fraction of sp³-hybridized carbons (Fsp3) is 0.143. The number of methoxy groups -OCH3 is 1. The second kappa shape index (κ2) is 7.10. The number of ether oxygens (including phenoxy) is 2. The van der Waals surface area contributed by atoms with Crippen LogP contribution in [0.1, 0.15) is 5.56 Å². The summed E-state index contributed by atoms with van der Waals surface area (Å²) in [5, 5.41) is 10.8. The number of nitro benzene ring substituents is 1. The Balaban J connectivity index is 2.33. The smallest absolute Gasteiger partial charge is 0.291 e. The zero-order chi connectivity index (χ0) is 17.1. The van der Waals surface area contributed by atoms with Gasteiger partial charge in [0, 0.05) is 0 Å². The van der Waals surface area contributed by atoms with E-state index >= 15 is 0 Å². The number of hydrogen-bond acceptors (Lipinski definition) is 4. The van der Waals surface area contributed by atoms with E-state index in [1.165, 1.54) is 19.2 Å². The SMILES string of the molecule is COc1ccc(F)c(F)c1COc1cc([N+](=O)[O-])c(Cl)cc1Br. The highest BCUT2D eigenvalue weighted by Gasteiger charge is 2.19. The molecular formula is C14H9BrClF2NO4. The fourth-order valence-corrected chi connectivity index (χ4v) is 2.64. The molecule has 2 aromatic rings. The monoisotopic (exact) mass is 407 g/mol. The number of nitro groups is 1. The van der Waals surface area contributed by atoms with Crippen LogP contribution < -0.4 is 9.47 Å². The molecule has 2 aromatic carbocycles. The first-order valence-corrected chi connectivity index (χ1v) is 7.29. The predicted octanol–water partition coefficient (Wildman–Crippen LogP) is 4.88. The van der Waals surface area contributed by atoms with Crippen molar-refractivity contribution in [2.75, 3.05) is 7.11 Å². The zero-order valence-electron chi connectivity index (χ0n) is 11.6. The van der Waals surface area contributed by atoms with E-state index < -0.39 is 16.6 Å². The van der Waals surface area contributed by atoms with Crippen LogP contribution in [0, 0.1) is 21.7 Å². The molecule has 5 nitrogen and oxygen atoms in total. The Bertz CT molecular complexity index is 773. The van der Waals surface area contributed by atoms with E-state index in [2.05, 4.69) is 15.9 Å². The molecule has 0 saturated carbocycles. The van der Waals surface area contributed by atoms with E-state index in [1.54, 1.807) is 0 Å². The molecule has 0 aliphatic carbocycles. The number of halogens is 4. The normalized spacial score (nSPS) is 10.5. The van der Waals surface area contributed by atoms with Gasteiger partial charge in [-0.3, -0.25) is 10.1 Å². The number of nitrogens with zero attached hydrogens (tertiary/aromatic N) is 1. The quantitative estimate of drug-likeness (QED) is 0.523. The van der Waals surface area contributed by atoms with E-state index in [1.807, 2.05) is 0 Å². The largest absolute Gasteiger partial charge is 0.496 e. The minimum Gasteiger partial charge on any atom is -0.496 e. The average molecular weight is 409 g/mol. The van der Waals surface area contributed by atoms with Crippen molar-refractivity contribution in [3.63, 3.8) is 0 Å². The van der Waals surface area contributed by atoms with Crippen LogP contribution in [0.3, 0.4) is 0 Å². The Hall–Kier alpha value is -1.93. The van der Waals surface area contributed by atoms with Gasteiger partial charge in [-0.1, -0.05) is 11.6 Å². The third kappa shape index (κ3) is 3.70. The van der Waals surface area contributed by atoms with Gasteiger partial charge in [0.25, 0.3) is 5.69 Å². The molecule has 0 heterocycles. The molecule has 0 bridgehead atoms.